The van der Waals surface area contributed by atoms with Gasteiger partial charge in [-0.2, -0.15) is 0 Å². The van der Waals surface area contributed by atoms with Gasteiger partial charge in [0.25, 0.3) is 0 Å². The Morgan fingerprint density at radius 2 is 2.00 bits per heavy atom. The molecular weight excluding hydrogens is 356 g/mol. The van der Waals surface area contributed by atoms with Crippen molar-refractivity contribution in [2.75, 3.05) is 13.6 Å². The molecule has 0 saturated carbocycles. The predicted octanol–water partition coefficient (Wildman–Crippen LogP) is 4.25. The molecule has 2 heterocycles. The molecule has 0 radical (unpaired) electrons. The monoisotopic (exact) mass is 380 g/mol. The van der Waals surface area contributed by atoms with Crippen LogP contribution in [0.4, 0.5) is 0 Å². The zero-order chi connectivity index (χ0) is 18.9. The summed E-state index contributed by atoms with van der Waals surface area (Å²) >= 11 is 0. The number of hydrogen-bond donors (Lipinski definition) is 1. The number of H-pyrrole nitrogens is 1. The van der Waals surface area contributed by atoms with Crippen LogP contribution in [0.2, 0.25) is 0 Å². The molecule has 1 unspecified atom stereocenters. The Morgan fingerprint density at radius 3 is 2.74 bits per heavy atom. The molecule has 1 aliphatic heterocycles. The van der Waals surface area contributed by atoms with Gasteiger partial charge in [-0.15, -0.1) is 0 Å². The highest BCUT2D eigenvalue weighted by Gasteiger charge is 2.22. The lowest BCUT2D eigenvalue weighted by atomic mass is 10.0. The minimum atomic E-state index is -3.43. The minimum Gasteiger partial charge on any atom is -0.361 e. The van der Waals surface area contributed by atoms with Crippen LogP contribution in [0.5, 0.6) is 0 Å². The molecule has 2 aromatic carbocycles. The van der Waals surface area contributed by atoms with Gasteiger partial charge < -0.3 is 9.88 Å². The van der Waals surface area contributed by atoms with Crippen LogP contribution in [0.1, 0.15) is 24.0 Å². The Morgan fingerprint density at radius 1 is 1.19 bits per heavy atom. The van der Waals surface area contributed by atoms with Crippen molar-refractivity contribution in [1.82, 2.24) is 9.88 Å². The molecule has 27 heavy (non-hydrogen) atoms. The summed E-state index contributed by atoms with van der Waals surface area (Å²) in [6.45, 7) is 1.17. The van der Waals surface area contributed by atoms with E-state index in [1.165, 1.54) is 35.7 Å². The number of aromatic amines is 1. The first kappa shape index (κ1) is 18.0. The SMILES string of the molecule is CN1CCCC1Cc1c[nH]c2ccc(/C=C\S(=O)(=O)c3ccccc3)cc12. The molecule has 1 atom stereocenters. The molecule has 1 aliphatic rings. The van der Waals surface area contributed by atoms with Crippen molar-refractivity contribution in [1.29, 1.82) is 0 Å². The van der Waals surface area contributed by atoms with Gasteiger partial charge in [-0.25, -0.2) is 8.42 Å². The van der Waals surface area contributed by atoms with Gasteiger partial charge in [-0.3, -0.25) is 0 Å². The van der Waals surface area contributed by atoms with Gasteiger partial charge in [0, 0.05) is 28.5 Å². The number of rotatable bonds is 5. The second kappa shape index (κ2) is 7.33. The van der Waals surface area contributed by atoms with E-state index >= 15 is 0 Å². The third-order valence-corrected chi connectivity index (χ3v) is 6.85. The lowest BCUT2D eigenvalue weighted by Crippen LogP contribution is -2.26. The number of aromatic nitrogens is 1. The maximum Gasteiger partial charge on any atom is 0.199 e. The molecule has 1 fully saturated rings. The second-order valence-electron chi connectivity index (χ2n) is 7.26. The highest BCUT2D eigenvalue weighted by molar-refractivity contribution is 7.94. The van der Waals surface area contributed by atoms with E-state index in [0.29, 0.717) is 10.9 Å². The van der Waals surface area contributed by atoms with Crippen molar-refractivity contribution in [2.24, 2.45) is 0 Å². The first-order valence-electron chi connectivity index (χ1n) is 9.31. The number of nitrogens with zero attached hydrogens (tertiary/aromatic N) is 1. The van der Waals surface area contributed by atoms with Gasteiger partial charge in [0.05, 0.1) is 4.90 Å². The number of sulfone groups is 1. The van der Waals surface area contributed by atoms with Crippen LogP contribution in [0, 0.1) is 0 Å². The molecule has 0 bridgehead atoms. The maximum atomic E-state index is 12.5. The first-order chi connectivity index (χ1) is 13.0. The number of hydrogen-bond acceptors (Lipinski definition) is 3. The van der Waals surface area contributed by atoms with Crippen molar-refractivity contribution in [3.63, 3.8) is 0 Å². The molecule has 4 nitrogen and oxygen atoms in total. The third kappa shape index (κ3) is 3.84. The maximum absolute atomic E-state index is 12.5. The normalized spacial score (nSPS) is 18.6. The fraction of sp³-hybridized carbons (Fsp3) is 0.273. The molecular formula is C22H24N2O2S. The van der Waals surface area contributed by atoms with Crippen LogP contribution in [-0.2, 0) is 16.3 Å². The average molecular weight is 381 g/mol. The molecule has 1 N–H and O–H groups in total. The van der Waals surface area contributed by atoms with Crippen molar-refractivity contribution in [3.8, 4) is 0 Å². The number of likely N-dealkylation sites (tertiary alicyclic amines) is 1. The highest BCUT2D eigenvalue weighted by Crippen LogP contribution is 2.26. The summed E-state index contributed by atoms with van der Waals surface area (Å²) in [6.07, 6.45) is 7.28. The van der Waals surface area contributed by atoms with E-state index in [1.807, 2.05) is 18.2 Å². The molecule has 5 heteroatoms. The summed E-state index contributed by atoms with van der Waals surface area (Å²) in [5.74, 6) is 0. The Balaban J connectivity index is 1.60. The highest BCUT2D eigenvalue weighted by atomic mass is 32.2. The third-order valence-electron chi connectivity index (χ3n) is 5.43. The van der Waals surface area contributed by atoms with Crippen molar-refractivity contribution in [3.05, 3.63) is 71.3 Å². The summed E-state index contributed by atoms with van der Waals surface area (Å²) in [4.78, 5) is 6.08. The van der Waals surface area contributed by atoms with E-state index < -0.39 is 9.84 Å². The Kier molecular flexibility index (Phi) is 4.89. The number of benzene rings is 2. The molecule has 140 valence electrons. The van der Waals surface area contributed by atoms with E-state index in [9.17, 15) is 8.42 Å². The topological polar surface area (TPSA) is 53.2 Å². The van der Waals surface area contributed by atoms with Gasteiger partial charge in [0.1, 0.15) is 0 Å². The molecule has 4 rings (SSSR count). The second-order valence-corrected chi connectivity index (χ2v) is 9.09. The van der Waals surface area contributed by atoms with Gasteiger partial charge in [-0.05, 0) is 74.3 Å². The average Bonchev–Trinajstić information content (AvgIpc) is 3.27. The first-order valence-corrected chi connectivity index (χ1v) is 10.9. The zero-order valence-electron chi connectivity index (χ0n) is 15.4. The lowest BCUT2D eigenvalue weighted by Gasteiger charge is -2.18. The van der Waals surface area contributed by atoms with Gasteiger partial charge in [-0.1, -0.05) is 24.3 Å². The number of likely N-dealkylation sites (N-methyl/N-ethyl adjacent to an activating group) is 1. The van der Waals surface area contributed by atoms with Gasteiger partial charge >= 0.3 is 0 Å². The van der Waals surface area contributed by atoms with Crippen LogP contribution in [0.25, 0.3) is 17.0 Å². The van der Waals surface area contributed by atoms with E-state index in [-0.39, 0.29) is 0 Å². The van der Waals surface area contributed by atoms with Crippen molar-refractivity contribution < 1.29 is 8.42 Å². The van der Waals surface area contributed by atoms with E-state index in [1.54, 1.807) is 30.3 Å². The van der Waals surface area contributed by atoms with E-state index in [0.717, 1.165) is 17.5 Å². The molecule has 0 spiro atoms. The molecule has 0 amide bonds. The van der Waals surface area contributed by atoms with Crippen molar-refractivity contribution in [2.45, 2.75) is 30.2 Å². The van der Waals surface area contributed by atoms with E-state index in [4.69, 9.17) is 0 Å². The zero-order valence-corrected chi connectivity index (χ0v) is 16.2. The van der Waals surface area contributed by atoms with Gasteiger partial charge in [0.15, 0.2) is 9.84 Å². The number of fused-ring (bicyclic) bond motifs is 1. The summed E-state index contributed by atoms with van der Waals surface area (Å²) in [5, 5.41) is 2.47. The Bertz CT molecular complexity index is 1070. The fourth-order valence-corrected chi connectivity index (χ4v) is 4.85. The summed E-state index contributed by atoms with van der Waals surface area (Å²) in [5.41, 5.74) is 3.28. The van der Waals surface area contributed by atoms with E-state index in [2.05, 4.69) is 29.2 Å². The quantitative estimate of drug-likeness (QED) is 0.720. The largest absolute Gasteiger partial charge is 0.361 e. The van der Waals surface area contributed by atoms with Crippen LogP contribution in [-0.4, -0.2) is 37.9 Å². The summed E-state index contributed by atoms with van der Waals surface area (Å²) < 4.78 is 24.9. The van der Waals surface area contributed by atoms with Crippen LogP contribution in [0.15, 0.2) is 65.0 Å². The minimum absolute atomic E-state index is 0.314. The predicted molar refractivity (Wildman–Crippen MR) is 110 cm³/mol. The van der Waals surface area contributed by atoms with Crippen molar-refractivity contribution >= 4 is 26.8 Å². The van der Waals surface area contributed by atoms with Crippen LogP contribution in [0.3, 0.4) is 0 Å². The van der Waals surface area contributed by atoms with Gasteiger partial charge in [0.2, 0.25) is 0 Å². The standard InChI is InChI=1S/C22H24N2O2S/c1-24-12-5-6-19(24)15-18-16-23-22-10-9-17(14-21(18)22)11-13-27(25,26)20-7-3-2-4-8-20/h2-4,7-11,13-14,16,19,23H,5-6,12,15H2,1H3/b13-11-. The summed E-state index contributed by atoms with van der Waals surface area (Å²) in [7, 11) is -1.24. The number of nitrogens with one attached hydrogen (secondary N) is 1. The Hall–Kier alpha value is -2.37. The molecule has 0 aliphatic carbocycles. The van der Waals surface area contributed by atoms with Crippen LogP contribution < -0.4 is 0 Å². The summed E-state index contributed by atoms with van der Waals surface area (Å²) in [6, 6.07) is 15.1. The lowest BCUT2D eigenvalue weighted by molar-refractivity contribution is 0.310. The fourth-order valence-electron chi connectivity index (χ4n) is 3.82. The van der Waals surface area contributed by atoms with Crippen LogP contribution >= 0.6 is 0 Å². The smallest absolute Gasteiger partial charge is 0.199 e. The molecule has 3 aromatic rings. The molecule has 1 saturated heterocycles. The molecule has 1 aromatic heterocycles. The Labute approximate surface area is 160 Å².